The molecule has 1 saturated heterocycles. The van der Waals surface area contributed by atoms with Crippen molar-refractivity contribution < 1.29 is 19.4 Å². The van der Waals surface area contributed by atoms with Gasteiger partial charge in [0.05, 0.1) is 19.1 Å². The van der Waals surface area contributed by atoms with Crippen molar-refractivity contribution in [3.8, 4) is 0 Å². The minimum Gasteiger partial charge on any atom is -0.480 e. The van der Waals surface area contributed by atoms with Crippen LogP contribution in [-0.2, 0) is 14.3 Å². The number of aliphatic carboxylic acids is 1. The van der Waals surface area contributed by atoms with Crippen molar-refractivity contribution in [2.45, 2.75) is 38.3 Å². The summed E-state index contributed by atoms with van der Waals surface area (Å²) in [5.41, 5.74) is 4.53. The fraction of sp³-hybridized carbons (Fsp3) is 0.818. The Morgan fingerprint density at radius 3 is 2.35 bits per heavy atom. The third-order valence-corrected chi connectivity index (χ3v) is 3.44. The summed E-state index contributed by atoms with van der Waals surface area (Å²) in [5, 5.41) is 11.8. The zero-order chi connectivity index (χ0) is 13.1. The standard InChI is InChI=1S/C11H20N2O4/c1-3-11(4-2,10(15)16)13-9(14)7-5-17-6-8(7)12/h7-8H,3-6,12H2,1-2H3,(H,13,14)(H,15,16). The van der Waals surface area contributed by atoms with Crippen LogP contribution in [0.3, 0.4) is 0 Å². The Labute approximate surface area is 101 Å². The van der Waals surface area contributed by atoms with Crippen LogP contribution < -0.4 is 11.1 Å². The smallest absolute Gasteiger partial charge is 0.329 e. The van der Waals surface area contributed by atoms with Gasteiger partial charge in [-0.05, 0) is 12.8 Å². The molecule has 1 heterocycles. The summed E-state index contributed by atoms with van der Waals surface area (Å²) < 4.78 is 5.10. The maximum absolute atomic E-state index is 12.0. The molecule has 0 aromatic heterocycles. The van der Waals surface area contributed by atoms with Crippen molar-refractivity contribution in [1.29, 1.82) is 0 Å². The summed E-state index contributed by atoms with van der Waals surface area (Å²) in [4.78, 5) is 23.2. The topological polar surface area (TPSA) is 102 Å². The van der Waals surface area contributed by atoms with E-state index in [1.807, 2.05) is 0 Å². The Hall–Kier alpha value is -1.14. The molecule has 0 aromatic rings. The van der Waals surface area contributed by atoms with Crippen LogP contribution >= 0.6 is 0 Å². The molecule has 0 aromatic carbocycles. The molecule has 6 nitrogen and oxygen atoms in total. The van der Waals surface area contributed by atoms with Gasteiger partial charge in [0, 0.05) is 6.04 Å². The second-order valence-electron chi connectivity index (χ2n) is 4.39. The Morgan fingerprint density at radius 2 is 2.00 bits per heavy atom. The quantitative estimate of drug-likeness (QED) is 0.617. The lowest BCUT2D eigenvalue weighted by Crippen LogP contribution is -2.56. The lowest BCUT2D eigenvalue weighted by Gasteiger charge is -2.29. The van der Waals surface area contributed by atoms with Crippen LogP contribution in [0.5, 0.6) is 0 Å². The van der Waals surface area contributed by atoms with Crippen molar-refractivity contribution in [3.63, 3.8) is 0 Å². The molecule has 1 aliphatic heterocycles. The summed E-state index contributed by atoms with van der Waals surface area (Å²) in [7, 11) is 0. The summed E-state index contributed by atoms with van der Waals surface area (Å²) in [6.45, 7) is 4.08. The highest BCUT2D eigenvalue weighted by Crippen LogP contribution is 2.19. The molecular formula is C11H20N2O4. The van der Waals surface area contributed by atoms with Gasteiger partial charge in [-0.15, -0.1) is 0 Å². The summed E-state index contributed by atoms with van der Waals surface area (Å²) in [6, 6.07) is -0.352. The molecule has 1 aliphatic rings. The highest BCUT2D eigenvalue weighted by Gasteiger charge is 2.40. The van der Waals surface area contributed by atoms with E-state index in [4.69, 9.17) is 10.5 Å². The molecule has 0 saturated carbocycles. The number of carbonyl (C=O) groups excluding carboxylic acids is 1. The molecule has 0 bridgehead atoms. The number of carbonyl (C=O) groups is 2. The molecule has 4 N–H and O–H groups in total. The van der Waals surface area contributed by atoms with Crippen LogP contribution in [0.4, 0.5) is 0 Å². The van der Waals surface area contributed by atoms with E-state index in [1.165, 1.54) is 0 Å². The molecule has 6 heteroatoms. The van der Waals surface area contributed by atoms with Crippen molar-refractivity contribution in [3.05, 3.63) is 0 Å². The number of nitrogens with one attached hydrogen (secondary N) is 1. The lowest BCUT2D eigenvalue weighted by molar-refractivity contribution is -0.148. The molecule has 1 fully saturated rings. The van der Waals surface area contributed by atoms with Crippen LogP contribution in [0.2, 0.25) is 0 Å². The van der Waals surface area contributed by atoms with Crippen molar-refractivity contribution in [1.82, 2.24) is 5.32 Å². The third kappa shape index (κ3) is 2.76. The predicted molar refractivity (Wildman–Crippen MR) is 61.4 cm³/mol. The number of carboxylic acid groups (broad SMARTS) is 1. The van der Waals surface area contributed by atoms with Gasteiger partial charge < -0.3 is 20.9 Å². The molecule has 17 heavy (non-hydrogen) atoms. The van der Waals surface area contributed by atoms with Gasteiger partial charge in [-0.2, -0.15) is 0 Å². The second kappa shape index (κ2) is 5.46. The molecule has 0 spiro atoms. The van der Waals surface area contributed by atoms with E-state index in [-0.39, 0.29) is 18.6 Å². The van der Waals surface area contributed by atoms with Gasteiger partial charge in [0.25, 0.3) is 0 Å². The number of rotatable bonds is 5. The molecule has 0 aliphatic carbocycles. The molecular weight excluding hydrogens is 224 g/mol. The van der Waals surface area contributed by atoms with Crippen LogP contribution in [0.1, 0.15) is 26.7 Å². The van der Waals surface area contributed by atoms with Gasteiger partial charge in [-0.1, -0.05) is 13.8 Å². The van der Waals surface area contributed by atoms with Gasteiger partial charge >= 0.3 is 5.97 Å². The number of nitrogens with two attached hydrogens (primary N) is 1. The molecule has 1 rings (SSSR count). The zero-order valence-electron chi connectivity index (χ0n) is 10.2. The van der Waals surface area contributed by atoms with E-state index in [2.05, 4.69) is 5.32 Å². The van der Waals surface area contributed by atoms with Crippen LogP contribution in [0, 0.1) is 5.92 Å². The van der Waals surface area contributed by atoms with Gasteiger partial charge in [0.2, 0.25) is 5.91 Å². The number of hydrogen-bond donors (Lipinski definition) is 3. The maximum atomic E-state index is 12.0. The highest BCUT2D eigenvalue weighted by atomic mass is 16.5. The van der Waals surface area contributed by atoms with Crippen LogP contribution in [-0.4, -0.2) is 41.8 Å². The van der Waals surface area contributed by atoms with Crippen molar-refractivity contribution >= 4 is 11.9 Å². The third-order valence-electron chi connectivity index (χ3n) is 3.44. The van der Waals surface area contributed by atoms with E-state index >= 15 is 0 Å². The average Bonchev–Trinajstić information content (AvgIpc) is 2.72. The van der Waals surface area contributed by atoms with E-state index < -0.39 is 17.4 Å². The summed E-state index contributed by atoms with van der Waals surface area (Å²) in [6.07, 6.45) is 0.681. The molecule has 0 radical (unpaired) electrons. The minimum atomic E-state index is -1.20. The van der Waals surface area contributed by atoms with E-state index in [9.17, 15) is 14.7 Å². The summed E-state index contributed by atoms with van der Waals surface area (Å²) >= 11 is 0. The van der Waals surface area contributed by atoms with Gasteiger partial charge in [0.1, 0.15) is 5.54 Å². The Morgan fingerprint density at radius 1 is 1.41 bits per heavy atom. The molecule has 2 atom stereocenters. The van der Waals surface area contributed by atoms with E-state index in [0.29, 0.717) is 19.4 Å². The normalized spacial score (nSPS) is 24.6. The maximum Gasteiger partial charge on any atom is 0.329 e. The van der Waals surface area contributed by atoms with Gasteiger partial charge in [0.15, 0.2) is 0 Å². The number of carboxylic acids is 1. The SMILES string of the molecule is CCC(CC)(NC(=O)C1COCC1N)C(=O)O. The average molecular weight is 244 g/mol. The first kappa shape index (κ1) is 13.9. The number of hydrogen-bond acceptors (Lipinski definition) is 4. The monoisotopic (exact) mass is 244 g/mol. The largest absolute Gasteiger partial charge is 0.480 e. The Balaban J connectivity index is 2.74. The van der Waals surface area contributed by atoms with Crippen LogP contribution in [0.15, 0.2) is 0 Å². The van der Waals surface area contributed by atoms with Crippen LogP contribution in [0.25, 0.3) is 0 Å². The first-order valence-corrected chi connectivity index (χ1v) is 5.85. The fourth-order valence-electron chi connectivity index (χ4n) is 1.95. The zero-order valence-corrected chi connectivity index (χ0v) is 10.2. The van der Waals surface area contributed by atoms with E-state index in [1.54, 1.807) is 13.8 Å². The van der Waals surface area contributed by atoms with E-state index in [0.717, 1.165) is 0 Å². The lowest BCUT2D eigenvalue weighted by atomic mass is 9.91. The first-order chi connectivity index (χ1) is 7.96. The first-order valence-electron chi connectivity index (χ1n) is 5.85. The molecule has 98 valence electrons. The molecule has 2 unspecified atom stereocenters. The highest BCUT2D eigenvalue weighted by molar-refractivity contribution is 5.88. The van der Waals surface area contributed by atoms with Crippen molar-refractivity contribution in [2.75, 3.05) is 13.2 Å². The van der Waals surface area contributed by atoms with Crippen molar-refractivity contribution in [2.24, 2.45) is 11.7 Å². The Kier molecular flexibility index (Phi) is 4.47. The van der Waals surface area contributed by atoms with Gasteiger partial charge in [-0.25, -0.2) is 4.79 Å². The molecule has 1 amide bonds. The van der Waals surface area contributed by atoms with Gasteiger partial charge in [-0.3, -0.25) is 4.79 Å². The number of amides is 1. The number of ether oxygens (including phenoxy) is 1. The fourth-order valence-corrected chi connectivity index (χ4v) is 1.95. The predicted octanol–water partition coefficient (Wildman–Crippen LogP) is -0.280. The Bertz CT molecular complexity index is 302. The second-order valence-corrected chi connectivity index (χ2v) is 4.39. The summed E-state index contributed by atoms with van der Waals surface area (Å²) in [5.74, 6) is -1.80. The minimum absolute atomic E-state index is 0.260.